The van der Waals surface area contributed by atoms with Gasteiger partial charge in [0.2, 0.25) is 0 Å². The van der Waals surface area contributed by atoms with Crippen LogP contribution in [-0.4, -0.2) is 40.8 Å². The number of nitrogens with zero attached hydrogens (tertiary/aromatic N) is 1. The molecule has 1 saturated carbocycles. The number of carbonyl (C=O) groups excluding carboxylic acids is 1. The molecular weight excluding hydrogens is 222 g/mol. The van der Waals surface area contributed by atoms with Crippen molar-refractivity contribution in [2.45, 2.75) is 32.8 Å². The Balaban J connectivity index is 1.90. The number of rotatable bonds is 1. The lowest BCUT2D eigenvalue weighted by Gasteiger charge is -2.29. The van der Waals surface area contributed by atoms with E-state index < -0.39 is 11.6 Å². The van der Waals surface area contributed by atoms with E-state index in [1.54, 1.807) is 4.90 Å². The van der Waals surface area contributed by atoms with E-state index in [1.807, 2.05) is 20.8 Å². The Bertz CT molecular complexity index is 347. The lowest BCUT2D eigenvalue weighted by atomic mass is 10.1. The quantitative estimate of drug-likeness (QED) is 0.756. The van der Waals surface area contributed by atoms with E-state index in [2.05, 4.69) is 0 Å². The van der Waals surface area contributed by atoms with Crippen LogP contribution in [0.15, 0.2) is 0 Å². The number of fused-ring (bicyclic) bond motifs is 1. The molecule has 0 aromatic rings. The van der Waals surface area contributed by atoms with Gasteiger partial charge in [0.05, 0.1) is 5.92 Å². The average molecular weight is 241 g/mol. The summed E-state index contributed by atoms with van der Waals surface area (Å²) in [6, 6.07) is 0. The maximum atomic E-state index is 11.8. The van der Waals surface area contributed by atoms with Gasteiger partial charge in [0.15, 0.2) is 0 Å². The minimum atomic E-state index is -0.731. The van der Waals surface area contributed by atoms with Crippen LogP contribution in [-0.2, 0) is 9.53 Å². The van der Waals surface area contributed by atoms with Gasteiger partial charge in [-0.2, -0.15) is 0 Å². The fraction of sp³-hybridized carbons (Fsp3) is 0.833. The summed E-state index contributed by atoms with van der Waals surface area (Å²) >= 11 is 0. The maximum Gasteiger partial charge on any atom is 0.410 e. The molecular formula is C12H19NO4. The Morgan fingerprint density at radius 3 is 2.47 bits per heavy atom. The van der Waals surface area contributed by atoms with Crippen molar-refractivity contribution in [1.82, 2.24) is 4.90 Å². The highest BCUT2D eigenvalue weighted by atomic mass is 16.6. The first-order chi connectivity index (χ1) is 7.79. The second kappa shape index (κ2) is 3.89. The third-order valence-electron chi connectivity index (χ3n) is 3.43. The standard InChI is InChI=1S/C12H19NO4/c1-12(2,3)17-11(16)13-5-4-7-8(6-13)9(7)10(14)15/h7-9H,4-6H2,1-3H3,(H,14,15)/t7-,8+,9?/m0/s1. The molecule has 17 heavy (non-hydrogen) atoms. The van der Waals surface area contributed by atoms with Crippen LogP contribution >= 0.6 is 0 Å². The van der Waals surface area contributed by atoms with E-state index in [0.29, 0.717) is 13.1 Å². The Morgan fingerprint density at radius 1 is 1.29 bits per heavy atom. The van der Waals surface area contributed by atoms with Gasteiger partial charge in [0, 0.05) is 13.1 Å². The van der Waals surface area contributed by atoms with Gasteiger partial charge >= 0.3 is 12.1 Å². The van der Waals surface area contributed by atoms with Crippen molar-refractivity contribution in [3.05, 3.63) is 0 Å². The lowest BCUT2D eigenvalue weighted by Crippen LogP contribution is -2.40. The molecule has 2 rings (SSSR count). The molecule has 1 unspecified atom stereocenters. The Morgan fingerprint density at radius 2 is 1.94 bits per heavy atom. The molecule has 1 aliphatic carbocycles. The van der Waals surface area contributed by atoms with Crippen LogP contribution in [0, 0.1) is 17.8 Å². The van der Waals surface area contributed by atoms with Crippen LogP contribution in [0.3, 0.4) is 0 Å². The summed E-state index contributed by atoms with van der Waals surface area (Å²) in [5.74, 6) is -0.576. The number of ether oxygens (including phenoxy) is 1. The summed E-state index contributed by atoms with van der Waals surface area (Å²) < 4.78 is 5.28. The molecule has 2 fully saturated rings. The van der Waals surface area contributed by atoms with Crippen LogP contribution in [0.4, 0.5) is 4.79 Å². The fourth-order valence-corrected chi connectivity index (χ4v) is 2.60. The topological polar surface area (TPSA) is 66.8 Å². The Kier molecular flexibility index (Phi) is 2.79. The van der Waals surface area contributed by atoms with Crippen LogP contribution in [0.5, 0.6) is 0 Å². The van der Waals surface area contributed by atoms with Crippen molar-refractivity contribution in [3.8, 4) is 0 Å². The summed E-state index contributed by atoms with van der Waals surface area (Å²) in [7, 11) is 0. The van der Waals surface area contributed by atoms with Crippen LogP contribution < -0.4 is 0 Å². The zero-order valence-corrected chi connectivity index (χ0v) is 10.5. The van der Waals surface area contributed by atoms with Crippen LogP contribution in [0.25, 0.3) is 0 Å². The van der Waals surface area contributed by atoms with Gasteiger partial charge in [-0.3, -0.25) is 4.79 Å². The molecule has 3 atom stereocenters. The van der Waals surface area contributed by atoms with E-state index in [4.69, 9.17) is 9.84 Å². The summed E-state index contributed by atoms with van der Waals surface area (Å²) in [5, 5.41) is 8.96. The Labute approximate surface area is 101 Å². The number of carboxylic acid groups (broad SMARTS) is 1. The predicted molar refractivity (Wildman–Crippen MR) is 60.5 cm³/mol. The largest absolute Gasteiger partial charge is 0.481 e. The second-order valence-corrected chi connectivity index (χ2v) is 5.91. The summed E-state index contributed by atoms with van der Waals surface area (Å²) in [6.45, 7) is 6.62. The van der Waals surface area contributed by atoms with Gasteiger partial charge in [0.25, 0.3) is 0 Å². The SMILES string of the molecule is CC(C)(C)OC(=O)N1CC[C@@H]2C(C(=O)O)[C@@H]2C1. The smallest absolute Gasteiger partial charge is 0.410 e. The van der Waals surface area contributed by atoms with E-state index in [9.17, 15) is 9.59 Å². The zero-order chi connectivity index (χ0) is 12.8. The van der Waals surface area contributed by atoms with Gasteiger partial charge < -0.3 is 14.7 Å². The first-order valence-electron chi connectivity index (χ1n) is 6.00. The molecule has 1 aliphatic heterocycles. The number of piperidine rings is 1. The molecule has 0 spiro atoms. The molecule has 0 aromatic heterocycles. The number of carboxylic acids is 1. The predicted octanol–water partition coefficient (Wildman–Crippen LogP) is 1.57. The first kappa shape index (κ1) is 12.2. The third kappa shape index (κ3) is 2.53. The summed E-state index contributed by atoms with van der Waals surface area (Å²) in [6.07, 6.45) is 0.452. The number of hydrogen-bond donors (Lipinski definition) is 1. The zero-order valence-electron chi connectivity index (χ0n) is 10.5. The van der Waals surface area contributed by atoms with Crippen molar-refractivity contribution in [2.75, 3.05) is 13.1 Å². The molecule has 5 heteroatoms. The van der Waals surface area contributed by atoms with Gasteiger partial charge in [-0.05, 0) is 39.0 Å². The van der Waals surface area contributed by atoms with Gasteiger partial charge in [0.1, 0.15) is 5.60 Å². The summed E-state index contributed by atoms with van der Waals surface area (Å²) in [5.41, 5.74) is -0.496. The molecule has 5 nitrogen and oxygen atoms in total. The van der Waals surface area contributed by atoms with Crippen molar-refractivity contribution in [1.29, 1.82) is 0 Å². The first-order valence-corrected chi connectivity index (χ1v) is 6.00. The van der Waals surface area contributed by atoms with Gasteiger partial charge in [-0.15, -0.1) is 0 Å². The highest BCUT2D eigenvalue weighted by Gasteiger charge is 2.57. The second-order valence-electron chi connectivity index (χ2n) is 5.91. The number of aliphatic carboxylic acids is 1. The summed E-state index contributed by atoms with van der Waals surface area (Å²) in [4.78, 5) is 24.3. The molecule has 1 heterocycles. The maximum absolute atomic E-state index is 11.8. The van der Waals surface area contributed by atoms with E-state index >= 15 is 0 Å². The normalized spacial score (nSPS) is 31.7. The lowest BCUT2D eigenvalue weighted by molar-refractivity contribution is -0.139. The van der Waals surface area contributed by atoms with Gasteiger partial charge in [-0.25, -0.2) is 4.79 Å². The minimum absolute atomic E-state index is 0.133. The third-order valence-corrected chi connectivity index (χ3v) is 3.43. The Hall–Kier alpha value is -1.26. The van der Waals surface area contributed by atoms with Crippen LogP contribution in [0.2, 0.25) is 0 Å². The number of hydrogen-bond acceptors (Lipinski definition) is 3. The molecule has 0 radical (unpaired) electrons. The van der Waals surface area contributed by atoms with Gasteiger partial charge in [-0.1, -0.05) is 0 Å². The average Bonchev–Trinajstić information content (AvgIpc) is 2.87. The van der Waals surface area contributed by atoms with Crippen molar-refractivity contribution in [2.24, 2.45) is 17.8 Å². The molecule has 0 bridgehead atoms. The van der Waals surface area contributed by atoms with E-state index in [1.165, 1.54) is 0 Å². The number of likely N-dealkylation sites (tertiary alicyclic amines) is 1. The van der Waals surface area contributed by atoms with Crippen molar-refractivity contribution in [3.63, 3.8) is 0 Å². The number of carbonyl (C=O) groups is 2. The molecule has 1 saturated heterocycles. The molecule has 0 aromatic carbocycles. The highest BCUT2D eigenvalue weighted by molar-refractivity contribution is 5.75. The monoisotopic (exact) mass is 241 g/mol. The van der Waals surface area contributed by atoms with Crippen LogP contribution in [0.1, 0.15) is 27.2 Å². The molecule has 96 valence electrons. The van der Waals surface area contributed by atoms with E-state index in [0.717, 1.165) is 6.42 Å². The highest BCUT2D eigenvalue weighted by Crippen LogP contribution is 2.51. The molecule has 1 N–H and O–H groups in total. The van der Waals surface area contributed by atoms with Crippen molar-refractivity contribution < 1.29 is 19.4 Å². The molecule has 2 aliphatic rings. The van der Waals surface area contributed by atoms with Crippen molar-refractivity contribution >= 4 is 12.1 Å². The fourth-order valence-electron chi connectivity index (χ4n) is 2.60. The minimum Gasteiger partial charge on any atom is -0.481 e. The molecule has 1 amide bonds. The van der Waals surface area contributed by atoms with E-state index in [-0.39, 0.29) is 23.8 Å². The number of amides is 1.